The quantitative estimate of drug-likeness (QED) is 0.389. The summed E-state index contributed by atoms with van der Waals surface area (Å²) in [7, 11) is 0. The van der Waals surface area contributed by atoms with Gasteiger partial charge in [0, 0.05) is 34.4 Å². The standard InChI is InChI=1S/C25H21ClN2O5/c1-15(24(31)28-20-13-11-19(12-14-20)27-16(2)29)33-25(32)22-6-4-3-5-21(22)23(30)17-7-9-18(26)10-8-17/h3-15H,1-2H3,(H,27,29)(H,28,31)/t15-/m1/s1. The van der Waals surface area contributed by atoms with Crippen LogP contribution >= 0.6 is 11.6 Å². The van der Waals surface area contributed by atoms with Crippen LogP contribution in [-0.2, 0) is 14.3 Å². The monoisotopic (exact) mass is 464 g/mol. The zero-order chi connectivity index (χ0) is 24.0. The summed E-state index contributed by atoms with van der Waals surface area (Å²) < 4.78 is 5.31. The summed E-state index contributed by atoms with van der Waals surface area (Å²) in [6, 6.07) is 19.0. The summed E-state index contributed by atoms with van der Waals surface area (Å²) in [6.07, 6.45) is -1.12. The van der Waals surface area contributed by atoms with Crippen LogP contribution in [-0.4, -0.2) is 29.7 Å². The third-order valence-corrected chi connectivity index (χ3v) is 4.88. The number of halogens is 1. The Labute approximate surface area is 195 Å². The zero-order valence-corrected chi connectivity index (χ0v) is 18.7. The number of hydrogen-bond donors (Lipinski definition) is 2. The van der Waals surface area contributed by atoms with Gasteiger partial charge < -0.3 is 15.4 Å². The number of carbonyl (C=O) groups excluding carboxylic acids is 4. The Morgan fingerprint density at radius 3 is 1.91 bits per heavy atom. The molecule has 0 spiro atoms. The van der Waals surface area contributed by atoms with E-state index in [4.69, 9.17) is 16.3 Å². The Kier molecular flexibility index (Phi) is 7.58. The lowest BCUT2D eigenvalue weighted by Crippen LogP contribution is -2.30. The lowest BCUT2D eigenvalue weighted by atomic mass is 9.98. The van der Waals surface area contributed by atoms with Crippen LogP contribution in [0.1, 0.15) is 40.1 Å². The molecule has 0 saturated carbocycles. The number of hydrogen-bond acceptors (Lipinski definition) is 5. The van der Waals surface area contributed by atoms with Crippen molar-refractivity contribution in [1.29, 1.82) is 0 Å². The molecule has 2 N–H and O–H groups in total. The minimum Gasteiger partial charge on any atom is -0.449 e. The van der Waals surface area contributed by atoms with Crippen LogP contribution in [0.2, 0.25) is 5.02 Å². The molecule has 3 rings (SSSR count). The molecule has 0 bridgehead atoms. The molecule has 0 heterocycles. The molecule has 1 atom stereocenters. The number of benzene rings is 3. The average molecular weight is 465 g/mol. The van der Waals surface area contributed by atoms with Gasteiger partial charge >= 0.3 is 5.97 Å². The van der Waals surface area contributed by atoms with Gasteiger partial charge in [0.15, 0.2) is 11.9 Å². The minimum absolute atomic E-state index is 0.0526. The smallest absolute Gasteiger partial charge is 0.339 e. The van der Waals surface area contributed by atoms with E-state index in [0.29, 0.717) is 22.0 Å². The minimum atomic E-state index is -1.12. The Morgan fingerprint density at radius 1 is 0.788 bits per heavy atom. The third kappa shape index (κ3) is 6.27. The summed E-state index contributed by atoms with van der Waals surface area (Å²) in [5.41, 5.74) is 1.63. The topological polar surface area (TPSA) is 102 Å². The fraction of sp³-hybridized carbons (Fsp3) is 0.120. The first kappa shape index (κ1) is 23.7. The van der Waals surface area contributed by atoms with E-state index in [1.165, 1.54) is 26.0 Å². The van der Waals surface area contributed by atoms with E-state index in [-0.39, 0.29) is 22.8 Å². The lowest BCUT2D eigenvalue weighted by molar-refractivity contribution is -0.123. The molecule has 33 heavy (non-hydrogen) atoms. The molecule has 3 aromatic rings. The van der Waals surface area contributed by atoms with E-state index in [1.54, 1.807) is 60.7 Å². The van der Waals surface area contributed by atoms with Gasteiger partial charge in [-0.1, -0.05) is 29.8 Å². The number of nitrogens with one attached hydrogen (secondary N) is 2. The van der Waals surface area contributed by atoms with Crippen molar-refractivity contribution in [1.82, 2.24) is 0 Å². The second-order valence-electron chi connectivity index (χ2n) is 7.18. The Morgan fingerprint density at radius 2 is 1.33 bits per heavy atom. The number of carbonyl (C=O) groups is 4. The molecule has 0 aliphatic heterocycles. The molecule has 0 aliphatic carbocycles. The number of ketones is 1. The van der Waals surface area contributed by atoms with Gasteiger partial charge in [-0.3, -0.25) is 14.4 Å². The Balaban J connectivity index is 1.68. The van der Waals surface area contributed by atoms with Gasteiger partial charge in [0.25, 0.3) is 5.91 Å². The largest absolute Gasteiger partial charge is 0.449 e. The van der Waals surface area contributed by atoms with E-state index < -0.39 is 18.0 Å². The maximum absolute atomic E-state index is 12.9. The van der Waals surface area contributed by atoms with Gasteiger partial charge in [0.05, 0.1) is 5.56 Å². The van der Waals surface area contributed by atoms with Crippen molar-refractivity contribution in [2.24, 2.45) is 0 Å². The van der Waals surface area contributed by atoms with Crippen LogP contribution < -0.4 is 10.6 Å². The maximum atomic E-state index is 12.9. The predicted octanol–water partition coefficient (Wildman–Crippen LogP) is 4.71. The molecule has 0 fully saturated rings. The molecule has 0 aromatic heterocycles. The summed E-state index contributed by atoms with van der Waals surface area (Å²) in [5, 5.41) is 5.76. The van der Waals surface area contributed by atoms with Crippen LogP contribution in [0.15, 0.2) is 72.8 Å². The Hall–Kier alpha value is -3.97. The first-order chi connectivity index (χ1) is 15.7. The molecule has 0 aliphatic rings. The number of anilines is 2. The van der Waals surface area contributed by atoms with Gasteiger partial charge in [-0.05, 0) is 61.5 Å². The molecule has 2 amide bonds. The normalized spacial score (nSPS) is 11.2. The van der Waals surface area contributed by atoms with Crippen LogP contribution in [0.4, 0.5) is 11.4 Å². The van der Waals surface area contributed by atoms with Crippen LogP contribution in [0.25, 0.3) is 0 Å². The SMILES string of the molecule is CC(=O)Nc1ccc(NC(=O)[C@@H](C)OC(=O)c2ccccc2C(=O)c2ccc(Cl)cc2)cc1. The van der Waals surface area contributed by atoms with Crippen LogP contribution in [0.3, 0.4) is 0 Å². The Bertz CT molecular complexity index is 1190. The summed E-state index contributed by atoms with van der Waals surface area (Å²) in [5.74, 6) is -1.91. The predicted molar refractivity (Wildman–Crippen MR) is 126 cm³/mol. The highest BCUT2D eigenvalue weighted by atomic mass is 35.5. The van der Waals surface area contributed by atoms with Gasteiger partial charge in [0.2, 0.25) is 5.91 Å². The van der Waals surface area contributed by atoms with Crippen molar-refractivity contribution in [3.63, 3.8) is 0 Å². The second kappa shape index (κ2) is 10.6. The van der Waals surface area contributed by atoms with Crippen molar-refractivity contribution < 1.29 is 23.9 Å². The van der Waals surface area contributed by atoms with Gasteiger partial charge in [-0.2, -0.15) is 0 Å². The lowest BCUT2D eigenvalue weighted by Gasteiger charge is -2.15. The fourth-order valence-electron chi connectivity index (χ4n) is 2.98. The van der Waals surface area contributed by atoms with Crippen molar-refractivity contribution >= 4 is 46.5 Å². The number of amides is 2. The molecule has 0 radical (unpaired) electrons. The van der Waals surface area contributed by atoms with Gasteiger partial charge in [0.1, 0.15) is 0 Å². The first-order valence-electron chi connectivity index (χ1n) is 10.0. The highest BCUT2D eigenvalue weighted by molar-refractivity contribution is 6.30. The summed E-state index contributed by atoms with van der Waals surface area (Å²) in [4.78, 5) is 49.2. The van der Waals surface area contributed by atoms with Crippen molar-refractivity contribution in [2.45, 2.75) is 20.0 Å². The van der Waals surface area contributed by atoms with Crippen LogP contribution in [0, 0.1) is 0 Å². The molecular weight excluding hydrogens is 444 g/mol. The van der Waals surface area contributed by atoms with E-state index >= 15 is 0 Å². The van der Waals surface area contributed by atoms with Gasteiger partial charge in [-0.25, -0.2) is 4.79 Å². The molecule has 0 unspecified atom stereocenters. The second-order valence-corrected chi connectivity index (χ2v) is 7.61. The summed E-state index contributed by atoms with van der Waals surface area (Å²) in [6.45, 7) is 2.83. The molecule has 0 saturated heterocycles. The molecule has 7 nitrogen and oxygen atoms in total. The van der Waals surface area contributed by atoms with E-state index in [0.717, 1.165) is 0 Å². The molecular formula is C25H21ClN2O5. The van der Waals surface area contributed by atoms with E-state index in [9.17, 15) is 19.2 Å². The summed E-state index contributed by atoms with van der Waals surface area (Å²) >= 11 is 5.88. The average Bonchev–Trinajstić information content (AvgIpc) is 2.80. The van der Waals surface area contributed by atoms with Crippen LogP contribution in [0.5, 0.6) is 0 Å². The number of esters is 1. The zero-order valence-electron chi connectivity index (χ0n) is 17.9. The van der Waals surface area contributed by atoms with E-state index in [2.05, 4.69) is 10.6 Å². The number of ether oxygens (including phenoxy) is 1. The molecule has 3 aromatic carbocycles. The third-order valence-electron chi connectivity index (χ3n) is 4.62. The van der Waals surface area contributed by atoms with Crippen molar-refractivity contribution in [3.8, 4) is 0 Å². The molecule has 8 heteroatoms. The first-order valence-corrected chi connectivity index (χ1v) is 10.4. The number of rotatable bonds is 7. The highest BCUT2D eigenvalue weighted by Gasteiger charge is 2.23. The van der Waals surface area contributed by atoms with E-state index in [1.807, 2.05) is 0 Å². The van der Waals surface area contributed by atoms with Crippen molar-refractivity contribution in [2.75, 3.05) is 10.6 Å². The highest BCUT2D eigenvalue weighted by Crippen LogP contribution is 2.19. The maximum Gasteiger partial charge on any atom is 0.339 e. The molecule has 168 valence electrons. The van der Waals surface area contributed by atoms with Gasteiger partial charge in [-0.15, -0.1) is 0 Å². The fourth-order valence-corrected chi connectivity index (χ4v) is 3.10. The van der Waals surface area contributed by atoms with Crippen molar-refractivity contribution in [3.05, 3.63) is 94.5 Å².